The second-order valence-corrected chi connectivity index (χ2v) is 6.35. The van der Waals surface area contributed by atoms with Gasteiger partial charge in [-0.05, 0) is 30.3 Å². The topological polar surface area (TPSA) is 87.0 Å². The van der Waals surface area contributed by atoms with Gasteiger partial charge < -0.3 is 13.9 Å². The molecule has 1 unspecified atom stereocenters. The molecule has 0 aliphatic carbocycles. The highest BCUT2D eigenvalue weighted by Gasteiger charge is 2.20. The Morgan fingerprint density at radius 1 is 1.18 bits per heavy atom. The average molecular weight is 375 g/mol. The Bertz CT molecular complexity index is 1150. The quantitative estimate of drug-likeness (QED) is 0.528. The Hall–Kier alpha value is -3.52. The number of nitrogens with zero attached hydrogens (tertiary/aromatic N) is 5. The first-order chi connectivity index (χ1) is 13.8. The smallest absolute Gasteiger partial charge is 0.180 e. The van der Waals surface area contributed by atoms with Gasteiger partial charge in [-0.1, -0.05) is 6.07 Å². The molecule has 4 heterocycles. The minimum absolute atomic E-state index is 0.112. The van der Waals surface area contributed by atoms with Crippen LogP contribution in [0.2, 0.25) is 0 Å². The molecule has 0 radical (unpaired) electrons. The van der Waals surface area contributed by atoms with Gasteiger partial charge in [-0.25, -0.2) is 0 Å². The predicted octanol–water partition coefficient (Wildman–Crippen LogP) is 3.76. The van der Waals surface area contributed by atoms with Crippen molar-refractivity contribution >= 4 is 17.5 Å². The molecule has 4 aromatic rings. The van der Waals surface area contributed by atoms with Crippen molar-refractivity contribution < 1.29 is 13.9 Å². The molecule has 1 atom stereocenters. The van der Waals surface area contributed by atoms with Gasteiger partial charge >= 0.3 is 0 Å². The molecular formula is C20H17N5O3. The van der Waals surface area contributed by atoms with Gasteiger partial charge in [0.2, 0.25) is 0 Å². The zero-order chi connectivity index (χ0) is 18.9. The second-order valence-electron chi connectivity index (χ2n) is 6.35. The predicted molar refractivity (Wildman–Crippen MR) is 102 cm³/mol. The van der Waals surface area contributed by atoms with E-state index in [1.807, 2.05) is 48.7 Å². The van der Waals surface area contributed by atoms with Crippen molar-refractivity contribution in [2.45, 2.75) is 19.1 Å². The molecule has 0 N–H and O–H groups in total. The fraction of sp³-hybridized carbons (Fsp3) is 0.200. The number of methoxy groups -OCH3 is 1. The van der Waals surface area contributed by atoms with Crippen LogP contribution in [0.5, 0.6) is 5.75 Å². The molecular weight excluding hydrogens is 358 g/mol. The summed E-state index contributed by atoms with van der Waals surface area (Å²) in [4.78, 5) is 4.45. The molecule has 3 aromatic heterocycles. The molecule has 28 heavy (non-hydrogen) atoms. The number of aliphatic imine (C=N–C) groups is 1. The Morgan fingerprint density at radius 2 is 2.14 bits per heavy atom. The minimum Gasteiger partial charge on any atom is -0.497 e. The van der Waals surface area contributed by atoms with Crippen molar-refractivity contribution in [3.05, 3.63) is 60.1 Å². The van der Waals surface area contributed by atoms with Crippen LogP contribution in [0.25, 0.3) is 17.1 Å². The van der Waals surface area contributed by atoms with E-state index in [2.05, 4.69) is 20.3 Å². The summed E-state index contributed by atoms with van der Waals surface area (Å²) in [6.07, 6.45) is 4.07. The van der Waals surface area contributed by atoms with E-state index in [1.54, 1.807) is 17.9 Å². The van der Waals surface area contributed by atoms with Crippen LogP contribution in [-0.4, -0.2) is 33.1 Å². The molecule has 1 aliphatic heterocycles. The Kier molecular flexibility index (Phi) is 4.10. The van der Waals surface area contributed by atoms with Gasteiger partial charge in [0.1, 0.15) is 18.1 Å². The van der Waals surface area contributed by atoms with Gasteiger partial charge in [-0.3, -0.25) is 4.99 Å². The number of hydrogen-bond acceptors (Lipinski definition) is 7. The summed E-state index contributed by atoms with van der Waals surface area (Å²) in [6, 6.07) is 13.2. The van der Waals surface area contributed by atoms with Crippen LogP contribution in [-0.2, 0) is 11.3 Å². The third-order valence-corrected chi connectivity index (χ3v) is 4.65. The molecule has 0 saturated heterocycles. The highest BCUT2D eigenvalue weighted by Crippen LogP contribution is 2.36. The SMILES string of the molecule is COc1ccc2c(c1)N=CCC2OCc1nnc2ccc(-c3ccco3)nn12. The normalized spacial score (nSPS) is 15.7. The summed E-state index contributed by atoms with van der Waals surface area (Å²) in [7, 11) is 1.64. The zero-order valence-corrected chi connectivity index (χ0v) is 15.1. The molecule has 140 valence electrons. The van der Waals surface area contributed by atoms with Crippen LogP contribution in [0.1, 0.15) is 23.9 Å². The van der Waals surface area contributed by atoms with Gasteiger partial charge in [0.05, 0.1) is 25.2 Å². The van der Waals surface area contributed by atoms with Gasteiger partial charge in [-0.2, -0.15) is 9.61 Å². The van der Waals surface area contributed by atoms with Crippen molar-refractivity contribution in [1.82, 2.24) is 19.8 Å². The highest BCUT2D eigenvalue weighted by molar-refractivity contribution is 5.70. The van der Waals surface area contributed by atoms with Crippen LogP contribution >= 0.6 is 0 Å². The molecule has 5 rings (SSSR count). The first kappa shape index (κ1) is 16.6. The van der Waals surface area contributed by atoms with E-state index in [4.69, 9.17) is 13.9 Å². The number of ether oxygens (including phenoxy) is 2. The van der Waals surface area contributed by atoms with Crippen LogP contribution in [0.15, 0.2) is 58.1 Å². The summed E-state index contributed by atoms with van der Waals surface area (Å²) >= 11 is 0. The standard InChI is InChI=1S/C20H17N5O3/c1-26-13-4-5-14-16(11-13)21-9-8-17(14)28-12-20-23-22-19-7-6-15(24-25(19)20)18-3-2-10-27-18/h2-7,9-11,17H,8,12H2,1H3. The molecule has 0 spiro atoms. The van der Waals surface area contributed by atoms with Crippen molar-refractivity contribution in [1.29, 1.82) is 0 Å². The lowest BCUT2D eigenvalue weighted by atomic mass is 10.0. The lowest BCUT2D eigenvalue weighted by molar-refractivity contribution is 0.0398. The van der Waals surface area contributed by atoms with E-state index in [9.17, 15) is 0 Å². The first-order valence-corrected chi connectivity index (χ1v) is 8.89. The summed E-state index contributed by atoms with van der Waals surface area (Å²) in [6.45, 7) is 0.278. The van der Waals surface area contributed by atoms with Crippen molar-refractivity contribution in [3.63, 3.8) is 0 Å². The summed E-state index contributed by atoms with van der Waals surface area (Å²) in [5, 5.41) is 13.0. The van der Waals surface area contributed by atoms with E-state index in [0.717, 1.165) is 17.0 Å². The Labute approximate surface area is 160 Å². The van der Waals surface area contributed by atoms with Gasteiger partial charge in [0.15, 0.2) is 17.2 Å². The van der Waals surface area contributed by atoms with E-state index >= 15 is 0 Å². The van der Waals surface area contributed by atoms with Crippen molar-refractivity contribution in [2.24, 2.45) is 4.99 Å². The molecule has 0 fully saturated rings. The maximum atomic E-state index is 6.15. The van der Waals surface area contributed by atoms with Crippen molar-refractivity contribution in [2.75, 3.05) is 7.11 Å². The molecule has 0 saturated carbocycles. The summed E-state index contributed by atoms with van der Waals surface area (Å²) < 4.78 is 18.5. The van der Waals surface area contributed by atoms with Crippen LogP contribution < -0.4 is 4.74 Å². The number of rotatable bonds is 5. The van der Waals surface area contributed by atoms with Crippen molar-refractivity contribution in [3.8, 4) is 17.2 Å². The fourth-order valence-electron chi connectivity index (χ4n) is 3.22. The van der Waals surface area contributed by atoms with Crippen LogP contribution in [0.3, 0.4) is 0 Å². The summed E-state index contributed by atoms with van der Waals surface area (Å²) in [5.74, 6) is 2.09. The Balaban J connectivity index is 1.39. The molecule has 1 aliphatic rings. The third-order valence-electron chi connectivity index (χ3n) is 4.65. The van der Waals surface area contributed by atoms with Gasteiger partial charge in [-0.15, -0.1) is 10.2 Å². The van der Waals surface area contributed by atoms with E-state index in [0.29, 0.717) is 29.3 Å². The zero-order valence-electron chi connectivity index (χ0n) is 15.1. The van der Waals surface area contributed by atoms with E-state index in [1.165, 1.54) is 0 Å². The largest absolute Gasteiger partial charge is 0.497 e. The lowest BCUT2D eigenvalue weighted by Crippen LogP contribution is -2.11. The highest BCUT2D eigenvalue weighted by atomic mass is 16.5. The number of fused-ring (bicyclic) bond motifs is 2. The monoisotopic (exact) mass is 375 g/mol. The molecule has 8 heteroatoms. The first-order valence-electron chi connectivity index (χ1n) is 8.89. The number of furan rings is 1. The molecule has 8 nitrogen and oxygen atoms in total. The Morgan fingerprint density at radius 3 is 3.00 bits per heavy atom. The van der Waals surface area contributed by atoms with Gasteiger partial charge in [0.25, 0.3) is 0 Å². The molecule has 0 bridgehead atoms. The average Bonchev–Trinajstić information content (AvgIpc) is 3.41. The number of benzene rings is 1. The second kappa shape index (κ2) is 6.90. The van der Waals surface area contributed by atoms with Gasteiger partial charge in [0, 0.05) is 24.3 Å². The maximum absolute atomic E-state index is 6.15. The fourth-order valence-corrected chi connectivity index (χ4v) is 3.22. The molecule has 1 aromatic carbocycles. The lowest BCUT2D eigenvalue weighted by Gasteiger charge is -2.21. The van der Waals surface area contributed by atoms with E-state index in [-0.39, 0.29) is 12.7 Å². The third kappa shape index (κ3) is 2.93. The number of hydrogen-bond donors (Lipinski definition) is 0. The number of aromatic nitrogens is 4. The van der Waals surface area contributed by atoms with Crippen LogP contribution in [0, 0.1) is 0 Å². The minimum atomic E-state index is -0.112. The summed E-state index contributed by atoms with van der Waals surface area (Å²) in [5.41, 5.74) is 3.26. The van der Waals surface area contributed by atoms with Crippen LogP contribution in [0.4, 0.5) is 5.69 Å². The molecule has 0 amide bonds. The maximum Gasteiger partial charge on any atom is 0.180 e. The van der Waals surface area contributed by atoms with E-state index < -0.39 is 0 Å².